The Bertz CT molecular complexity index is 860. The Balaban J connectivity index is 0.000000339. The predicted octanol–water partition coefficient (Wildman–Crippen LogP) is 3.01. The summed E-state index contributed by atoms with van der Waals surface area (Å²) >= 11 is 0. The van der Waals surface area contributed by atoms with Gasteiger partial charge in [-0.25, -0.2) is 9.78 Å². The van der Waals surface area contributed by atoms with Crippen LogP contribution in [-0.4, -0.2) is 64.9 Å². The van der Waals surface area contributed by atoms with Gasteiger partial charge in [-0.05, 0) is 37.0 Å². The van der Waals surface area contributed by atoms with E-state index in [-0.39, 0.29) is 18.1 Å². The smallest absolute Gasteiger partial charge is 0.477 e. The topological polar surface area (TPSA) is 102 Å². The third kappa shape index (κ3) is 5.97. The number of hydrogen-bond donors (Lipinski definition) is 1. The number of aliphatic carboxylic acids is 1. The first kappa shape index (κ1) is 22.6. The molecule has 0 spiro atoms. The lowest BCUT2D eigenvalue weighted by Crippen LogP contribution is -2.51. The van der Waals surface area contributed by atoms with Crippen molar-refractivity contribution in [3.8, 4) is 5.88 Å². The van der Waals surface area contributed by atoms with Crippen LogP contribution in [-0.2, 0) is 9.53 Å². The zero-order chi connectivity index (χ0) is 22.4. The molecule has 0 radical (unpaired) electrons. The lowest BCUT2D eigenvalue weighted by Gasteiger charge is -2.37. The molecule has 31 heavy (non-hydrogen) atoms. The van der Waals surface area contributed by atoms with E-state index in [0.29, 0.717) is 37.3 Å². The Kier molecular flexibility index (Phi) is 7.16. The summed E-state index contributed by atoms with van der Waals surface area (Å²) in [6.07, 6.45) is 0.0264. The Hall–Kier alpha value is -3.08. The molecule has 1 aliphatic carbocycles. The number of carbonyl (C=O) groups excluding carboxylic acids is 1. The van der Waals surface area contributed by atoms with Gasteiger partial charge in [-0.15, -0.1) is 0 Å². The number of fused-ring (bicyclic) bond motifs is 1. The van der Waals surface area contributed by atoms with Crippen molar-refractivity contribution >= 4 is 11.9 Å². The quantitative estimate of drug-likeness (QED) is 0.777. The normalized spacial score (nSPS) is 22.8. The van der Waals surface area contributed by atoms with Crippen molar-refractivity contribution < 1.29 is 41.8 Å². The molecule has 1 saturated carbocycles. The molecule has 1 amide bonds. The van der Waals surface area contributed by atoms with Crippen LogP contribution >= 0.6 is 0 Å². The van der Waals surface area contributed by atoms with Crippen molar-refractivity contribution in [1.29, 1.82) is 0 Å². The van der Waals surface area contributed by atoms with Gasteiger partial charge in [0.2, 0.25) is 5.88 Å². The van der Waals surface area contributed by atoms with E-state index in [1.54, 1.807) is 18.3 Å². The fourth-order valence-corrected chi connectivity index (χ4v) is 3.62. The summed E-state index contributed by atoms with van der Waals surface area (Å²) in [5, 5.41) is 7.12. The number of nitrogens with zero attached hydrogens (tertiary/aromatic N) is 2. The molecule has 1 aliphatic heterocycles. The Labute approximate surface area is 175 Å². The molecule has 11 heteroatoms. The minimum Gasteiger partial charge on any atom is -0.477 e. The minimum atomic E-state index is -5.08. The van der Waals surface area contributed by atoms with E-state index in [1.165, 1.54) is 6.26 Å². The van der Waals surface area contributed by atoms with E-state index in [9.17, 15) is 18.0 Å². The number of halogens is 3. The maximum atomic E-state index is 12.6. The molecule has 3 atom stereocenters. The molecule has 3 heterocycles. The first-order valence-electron chi connectivity index (χ1n) is 9.55. The van der Waals surface area contributed by atoms with E-state index in [0.717, 1.165) is 12.8 Å². The average Bonchev–Trinajstić information content (AvgIpc) is 3.42. The highest BCUT2D eigenvalue weighted by molar-refractivity contribution is 5.91. The fraction of sp³-hybridized carbons (Fsp3) is 0.450. The summed E-state index contributed by atoms with van der Waals surface area (Å²) in [6.45, 7) is 1.77. The minimum absolute atomic E-state index is 0.0513. The Morgan fingerprint density at radius 3 is 2.61 bits per heavy atom. The lowest BCUT2D eigenvalue weighted by atomic mass is 10.1. The third-order valence-corrected chi connectivity index (χ3v) is 4.97. The molecule has 2 aromatic rings. The zero-order valence-corrected chi connectivity index (χ0v) is 16.3. The monoisotopic (exact) mass is 442 g/mol. The van der Waals surface area contributed by atoms with E-state index in [2.05, 4.69) is 4.98 Å². The number of furan rings is 1. The number of alkyl halides is 3. The number of carbonyl (C=O) groups is 2. The van der Waals surface area contributed by atoms with Gasteiger partial charge in [0.05, 0.1) is 31.6 Å². The summed E-state index contributed by atoms with van der Waals surface area (Å²) in [5.41, 5.74) is 0. The molecule has 0 aromatic carbocycles. The molecule has 8 nitrogen and oxygen atoms in total. The summed E-state index contributed by atoms with van der Waals surface area (Å²) < 4.78 is 48.7. The van der Waals surface area contributed by atoms with Crippen molar-refractivity contribution in [3.05, 3.63) is 48.6 Å². The van der Waals surface area contributed by atoms with E-state index >= 15 is 0 Å². The molecular formula is C20H21F3N2O6. The van der Waals surface area contributed by atoms with Crippen molar-refractivity contribution in [3.63, 3.8) is 0 Å². The largest absolute Gasteiger partial charge is 0.490 e. The maximum absolute atomic E-state index is 12.6. The summed E-state index contributed by atoms with van der Waals surface area (Å²) in [6, 6.07) is 9.17. The number of carboxylic acids is 1. The van der Waals surface area contributed by atoms with Crippen LogP contribution < -0.4 is 4.74 Å². The molecule has 2 aromatic heterocycles. The van der Waals surface area contributed by atoms with E-state index < -0.39 is 12.1 Å². The standard InChI is InChI=1S/C18H20N2O4.C2HF3O2/c21-18(15-4-3-8-22-15)20-7-9-23-16-11-13(10-14(16)20)12-24-17-5-1-2-6-19-17;3-2(4,5)1(6)7/h1-6,8,13-14,16H,7,9-12H2;(H,6,7). The molecular weight excluding hydrogens is 421 g/mol. The second kappa shape index (κ2) is 9.82. The molecule has 3 unspecified atom stereocenters. The average molecular weight is 442 g/mol. The zero-order valence-electron chi connectivity index (χ0n) is 16.3. The first-order chi connectivity index (χ1) is 14.8. The number of hydrogen-bond acceptors (Lipinski definition) is 6. The van der Waals surface area contributed by atoms with Crippen molar-refractivity contribution in [2.24, 2.45) is 5.92 Å². The van der Waals surface area contributed by atoms with Crippen LogP contribution in [0.1, 0.15) is 23.4 Å². The second-order valence-electron chi connectivity index (χ2n) is 7.07. The summed E-state index contributed by atoms with van der Waals surface area (Å²) in [7, 11) is 0. The number of ether oxygens (including phenoxy) is 2. The van der Waals surface area contributed by atoms with Crippen LogP contribution in [0.5, 0.6) is 5.88 Å². The van der Waals surface area contributed by atoms with Crippen molar-refractivity contribution in [2.75, 3.05) is 19.8 Å². The highest BCUT2D eigenvalue weighted by Gasteiger charge is 2.43. The van der Waals surface area contributed by atoms with Crippen LogP contribution in [0.3, 0.4) is 0 Å². The van der Waals surface area contributed by atoms with Crippen LogP contribution in [0, 0.1) is 5.92 Å². The van der Waals surface area contributed by atoms with Crippen molar-refractivity contribution in [1.82, 2.24) is 9.88 Å². The molecule has 1 N–H and O–H groups in total. The molecule has 4 rings (SSSR count). The van der Waals surface area contributed by atoms with Crippen molar-refractivity contribution in [2.45, 2.75) is 31.2 Å². The molecule has 2 aliphatic rings. The highest BCUT2D eigenvalue weighted by Crippen LogP contribution is 2.35. The molecule has 168 valence electrons. The Morgan fingerprint density at radius 2 is 2.00 bits per heavy atom. The van der Waals surface area contributed by atoms with Gasteiger partial charge >= 0.3 is 12.1 Å². The number of aromatic nitrogens is 1. The number of amides is 1. The first-order valence-corrected chi connectivity index (χ1v) is 9.55. The van der Waals surface area contributed by atoms with Gasteiger partial charge in [0.25, 0.3) is 5.91 Å². The Morgan fingerprint density at radius 1 is 1.23 bits per heavy atom. The van der Waals surface area contributed by atoms with Gasteiger partial charge in [0.1, 0.15) is 0 Å². The number of morpholine rings is 1. The van der Waals surface area contributed by atoms with Gasteiger partial charge in [-0.3, -0.25) is 4.79 Å². The fourth-order valence-electron chi connectivity index (χ4n) is 3.62. The predicted molar refractivity (Wildman–Crippen MR) is 99.4 cm³/mol. The van der Waals surface area contributed by atoms with E-state index in [1.807, 2.05) is 23.1 Å². The van der Waals surface area contributed by atoms with Crippen LogP contribution in [0.4, 0.5) is 13.2 Å². The van der Waals surface area contributed by atoms with Gasteiger partial charge < -0.3 is 23.9 Å². The number of pyridine rings is 1. The number of rotatable bonds is 4. The SMILES string of the molecule is O=C(O)C(F)(F)F.O=C(c1ccco1)N1CCOC2CC(COc3ccccn3)CC21. The maximum Gasteiger partial charge on any atom is 0.490 e. The van der Waals surface area contributed by atoms with Gasteiger partial charge in [0.15, 0.2) is 5.76 Å². The molecule has 2 fully saturated rings. The van der Waals surface area contributed by atoms with Gasteiger partial charge in [0, 0.05) is 18.8 Å². The second-order valence-corrected chi connectivity index (χ2v) is 7.07. The van der Waals surface area contributed by atoms with Gasteiger partial charge in [-0.1, -0.05) is 6.07 Å². The lowest BCUT2D eigenvalue weighted by molar-refractivity contribution is -0.192. The third-order valence-electron chi connectivity index (χ3n) is 4.97. The van der Waals surface area contributed by atoms with Crippen LogP contribution in [0.25, 0.3) is 0 Å². The highest BCUT2D eigenvalue weighted by atomic mass is 19.4. The summed E-state index contributed by atoms with van der Waals surface area (Å²) in [5.74, 6) is -1.43. The number of carboxylic acid groups (broad SMARTS) is 1. The van der Waals surface area contributed by atoms with Crippen LogP contribution in [0.2, 0.25) is 0 Å². The van der Waals surface area contributed by atoms with Gasteiger partial charge in [-0.2, -0.15) is 13.2 Å². The summed E-state index contributed by atoms with van der Waals surface area (Å²) in [4.78, 5) is 27.6. The van der Waals surface area contributed by atoms with E-state index in [4.69, 9.17) is 23.8 Å². The molecule has 0 bridgehead atoms. The van der Waals surface area contributed by atoms with Crippen LogP contribution in [0.15, 0.2) is 47.2 Å². The molecule has 1 saturated heterocycles.